The lowest BCUT2D eigenvalue weighted by Crippen LogP contribution is -2.27. The van der Waals surface area contributed by atoms with Crippen molar-refractivity contribution >= 4 is 32.6 Å². The Bertz CT molecular complexity index is 1180. The molecular weight excluding hydrogens is 388 g/mol. The van der Waals surface area contributed by atoms with Gasteiger partial charge >= 0.3 is 0 Å². The van der Waals surface area contributed by atoms with Gasteiger partial charge in [-0.2, -0.15) is 0 Å². The maximum absolute atomic E-state index is 12.4. The van der Waals surface area contributed by atoms with Crippen LogP contribution in [0.5, 0.6) is 5.75 Å². The highest BCUT2D eigenvalue weighted by Crippen LogP contribution is 2.25. The molecule has 146 valence electrons. The van der Waals surface area contributed by atoms with Crippen molar-refractivity contribution in [2.75, 3.05) is 11.9 Å². The van der Waals surface area contributed by atoms with Crippen LogP contribution >= 0.6 is 11.3 Å². The summed E-state index contributed by atoms with van der Waals surface area (Å²) in [5.41, 5.74) is 1.87. The number of carbonyl (C=O) groups is 1. The number of hydrogen-bond donors (Lipinski definition) is 1. The fourth-order valence-corrected chi connectivity index (χ4v) is 3.71. The van der Waals surface area contributed by atoms with E-state index >= 15 is 0 Å². The van der Waals surface area contributed by atoms with Crippen molar-refractivity contribution in [2.45, 2.75) is 13.5 Å². The molecule has 1 amide bonds. The Labute approximate surface area is 170 Å². The zero-order valence-electron chi connectivity index (χ0n) is 15.7. The van der Waals surface area contributed by atoms with Crippen LogP contribution in [0.25, 0.3) is 21.5 Å². The van der Waals surface area contributed by atoms with Crippen LogP contribution in [0.3, 0.4) is 0 Å². The number of benzene rings is 2. The second kappa shape index (κ2) is 8.24. The number of anilines is 1. The molecule has 0 bridgehead atoms. The highest BCUT2D eigenvalue weighted by atomic mass is 32.1. The predicted octanol–water partition coefficient (Wildman–Crippen LogP) is 3.56. The second-order valence-corrected chi connectivity index (χ2v) is 7.26. The number of fused-ring (bicyclic) bond motifs is 1. The minimum Gasteiger partial charge on any atom is -0.494 e. The standard InChI is InChI=1S/C21H18N4O3S/c1-2-28-15-9-7-14(8-10-15)17-11-20(27)25(13-22-17)12-19(26)24-21-23-16-5-3-4-6-18(16)29-21/h3-11,13H,2,12H2,1H3,(H,23,24,26). The summed E-state index contributed by atoms with van der Waals surface area (Å²) in [7, 11) is 0. The Hall–Kier alpha value is -3.52. The molecule has 0 saturated carbocycles. The molecule has 2 aromatic carbocycles. The van der Waals surface area contributed by atoms with Crippen molar-refractivity contribution in [1.82, 2.24) is 14.5 Å². The van der Waals surface area contributed by atoms with E-state index in [0.29, 0.717) is 17.4 Å². The highest BCUT2D eigenvalue weighted by molar-refractivity contribution is 7.22. The predicted molar refractivity (Wildman–Crippen MR) is 113 cm³/mol. The number of nitrogens with zero attached hydrogens (tertiary/aromatic N) is 3. The minimum atomic E-state index is -0.332. The Morgan fingerprint density at radius 1 is 1.17 bits per heavy atom. The molecule has 7 nitrogen and oxygen atoms in total. The monoisotopic (exact) mass is 406 g/mol. The lowest BCUT2D eigenvalue weighted by Gasteiger charge is -2.07. The van der Waals surface area contributed by atoms with E-state index in [-0.39, 0.29) is 18.0 Å². The van der Waals surface area contributed by atoms with E-state index in [1.54, 1.807) is 0 Å². The van der Waals surface area contributed by atoms with E-state index in [4.69, 9.17) is 4.74 Å². The number of thiazole rings is 1. The van der Waals surface area contributed by atoms with Crippen LogP contribution in [0, 0.1) is 0 Å². The van der Waals surface area contributed by atoms with Gasteiger partial charge in [-0.25, -0.2) is 9.97 Å². The minimum absolute atomic E-state index is 0.134. The SMILES string of the molecule is CCOc1ccc(-c2cc(=O)n(CC(=O)Nc3nc4ccccc4s3)cn2)cc1. The smallest absolute Gasteiger partial charge is 0.254 e. The van der Waals surface area contributed by atoms with E-state index in [0.717, 1.165) is 21.5 Å². The Balaban J connectivity index is 1.46. The molecule has 4 aromatic rings. The summed E-state index contributed by atoms with van der Waals surface area (Å²) >= 11 is 1.39. The topological polar surface area (TPSA) is 86.1 Å². The van der Waals surface area contributed by atoms with Gasteiger partial charge < -0.3 is 10.1 Å². The number of rotatable bonds is 6. The lowest BCUT2D eigenvalue weighted by atomic mass is 10.1. The molecule has 2 aromatic heterocycles. The Morgan fingerprint density at radius 2 is 1.97 bits per heavy atom. The van der Waals surface area contributed by atoms with E-state index in [1.165, 1.54) is 28.3 Å². The lowest BCUT2D eigenvalue weighted by molar-refractivity contribution is -0.116. The van der Waals surface area contributed by atoms with Gasteiger partial charge in [0.15, 0.2) is 5.13 Å². The van der Waals surface area contributed by atoms with Gasteiger partial charge in [0.2, 0.25) is 5.91 Å². The quantitative estimate of drug-likeness (QED) is 0.529. The molecular formula is C21H18N4O3S. The van der Waals surface area contributed by atoms with Crippen LogP contribution < -0.4 is 15.6 Å². The third-order valence-electron chi connectivity index (χ3n) is 4.19. The molecule has 0 spiro atoms. The van der Waals surface area contributed by atoms with Crippen molar-refractivity contribution in [2.24, 2.45) is 0 Å². The molecule has 8 heteroatoms. The zero-order chi connectivity index (χ0) is 20.2. The average Bonchev–Trinajstić information content (AvgIpc) is 3.12. The molecule has 0 fully saturated rings. The fourth-order valence-electron chi connectivity index (χ4n) is 2.83. The van der Waals surface area contributed by atoms with Gasteiger partial charge in [-0.05, 0) is 43.3 Å². The number of aromatic nitrogens is 3. The van der Waals surface area contributed by atoms with E-state index in [2.05, 4.69) is 15.3 Å². The average molecular weight is 406 g/mol. The zero-order valence-corrected chi connectivity index (χ0v) is 16.5. The second-order valence-electron chi connectivity index (χ2n) is 6.23. The number of carbonyl (C=O) groups excluding carboxylic acids is 1. The first-order valence-corrected chi connectivity index (χ1v) is 9.89. The van der Waals surface area contributed by atoms with Crippen LogP contribution in [-0.2, 0) is 11.3 Å². The van der Waals surface area contributed by atoms with Crippen molar-refractivity contribution in [3.63, 3.8) is 0 Å². The molecule has 4 rings (SSSR count). The van der Waals surface area contributed by atoms with Gasteiger partial charge in [0.05, 0.1) is 28.8 Å². The van der Waals surface area contributed by atoms with Gasteiger partial charge in [0.25, 0.3) is 5.56 Å². The fraction of sp³-hybridized carbons (Fsp3) is 0.143. The van der Waals surface area contributed by atoms with Crippen LogP contribution in [-0.4, -0.2) is 27.0 Å². The Kier molecular flexibility index (Phi) is 5.35. The molecule has 29 heavy (non-hydrogen) atoms. The van der Waals surface area contributed by atoms with Crippen LogP contribution in [0.15, 0.2) is 65.7 Å². The molecule has 0 aliphatic carbocycles. The van der Waals surface area contributed by atoms with Gasteiger partial charge in [0, 0.05) is 11.6 Å². The largest absolute Gasteiger partial charge is 0.494 e. The number of amides is 1. The summed E-state index contributed by atoms with van der Waals surface area (Å²) in [6, 6.07) is 16.4. The summed E-state index contributed by atoms with van der Waals surface area (Å²) in [6.45, 7) is 2.38. The van der Waals surface area contributed by atoms with Gasteiger partial charge in [-0.15, -0.1) is 0 Å². The number of ether oxygens (including phenoxy) is 1. The maximum Gasteiger partial charge on any atom is 0.254 e. The van der Waals surface area contributed by atoms with E-state index < -0.39 is 0 Å². The number of para-hydroxylation sites is 1. The summed E-state index contributed by atoms with van der Waals surface area (Å²) in [4.78, 5) is 33.4. The molecule has 0 aliphatic heterocycles. The number of hydrogen-bond acceptors (Lipinski definition) is 6. The molecule has 0 aliphatic rings. The van der Waals surface area contributed by atoms with Crippen LogP contribution in [0.4, 0.5) is 5.13 Å². The molecule has 0 saturated heterocycles. The molecule has 0 radical (unpaired) electrons. The summed E-state index contributed by atoms with van der Waals surface area (Å²) in [5.74, 6) is 0.429. The Morgan fingerprint density at radius 3 is 2.69 bits per heavy atom. The van der Waals surface area contributed by atoms with Crippen molar-refractivity contribution < 1.29 is 9.53 Å². The maximum atomic E-state index is 12.4. The van der Waals surface area contributed by atoms with Crippen molar-refractivity contribution in [3.8, 4) is 17.0 Å². The first-order chi connectivity index (χ1) is 14.1. The normalized spacial score (nSPS) is 10.8. The summed E-state index contributed by atoms with van der Waals surface area (Å²) < 4.78 is 7.67. The first-order valence-electron chi connectivity index (χ1n) is 9.07. The molecule has 1 N–H and O–H groups in total. The third kappa shape index (κ3) is 4.33. The summed E-state index contributed by atoms with van der Waals surface area (Å²) in [5, 5.41) is 3.24. The number of nitrogens with one attached hydrogen (secondary N) is 1. The van der Waals surface area contributed by atoms with Crippen LogP contribution in [0.1, 0.15) is 6.92 Å². The molecule has 2 heterocycles. The molecule has 0 atom stereocenters. The van der Waals surface area contributed by atoms with Gasteiger partial charge in [-0.3, -0.25) is 14.2 Å². The van der Waals surface area contributed by atoms with Crippen molar-refractivity contribution in [3.05, 3.63) is 71.3 Å². The van der Waals surface area contributed by atoms with Crippen molar-refractivity contribution in [1.29, 1.82) is 0 Å². The summed E-state index contributed by atoms with van der Waals surface area (Å²) in [6.07, 6.45) is 1.38. The third-order valence-corrected chi connectivity index (χ3v) is 5.15. The van der Waals surface area contributed by atoms with Gasteiger partial charge in [-0.1, -0.05) is 23.5 Å². The molecule has 0 unspecified atom stereocenters. The van der Waals surface area contributed by atoms with Gasteiger partial charge in [0.1, 0.15) is 12.3 Å². The first kappa shape index (κ1) is 18.8. The van der Waals surface area contributed by atoms with E-state index in [1.807, 2.05) is 55.5 Å². The van der Waals surface area contributed by atoms with E-state index in [9.17, 15) is 9.59 Å². The highest BCUT2D eigenvalue weighted by Gasteiger charge is 2.10. The van der Waals surface area contributed by atoms with Crippen LogP contribution in [0.2, 0.25) is 0 Å².